The number of aryl methyl sites for hydroxylation is 1. The molecule has 6 heteroatoms. The smallest absolute Gasteiger partial charge is 0.244 e. The van der Waals surface area contributed by atoms with Gasteiger partial charge in [-0.25, -0.2) is 0 Å². The van der Waals surface area contributed by atoms with Crippen molar-refractivity contribution >= 4 is 23.2 Å². The molecule has 1 amide bonds. The van der Waals surface area contributed by atoms with E-state index >= 15 is 0 Å². The van der Waals surface area contributed by atoms with E-state index in [0.717, 1.165) is 16.9 Å². The monoisotopic (exact) mass is 278 g/mol. The van der Waals surface area contributed by atoms with Crippen molar-refractivity contribution in [2.75, 3.05) is 5.32 Å². The maximum absolute atomic E-state index is 11.6. The van der Waals surface area contributed by atoms with Crippen LogP contribution in [-0.4, -0.2) is 15.7 Å². The number of carbonyl (C=O) groups excluding carboxylic acids is 1. The molecular formula is C13H15ClN4O. The SMILES string of the molecule is Cc1c(C(Nc2ccc(Cl)cc2)C(N)=O)cnn1C. The first-order valence-electron chi connectivity index (χ1n) is 5.79. The van der Waals surface area contributed by atoms with Crippen LogP contribution in [0, 0.1) is 6.92 Å². The lowest BCUT2D eigenvalue weighted by Gasteiger charge is -2.16. The Hall–Kier alpha value is -2.01. The number of anilines is 1. The van der Waals surface area contributed by atoms with Crippen LogP contribution in [-0.2, 0) is 11.8 Å². The highest BCUT2D eigenvalue weighted by atomic mass is 35.5. The zero-order valence-electron chi connectivity index (χ0n) is 10.7. The molecule has 0 saturated heterocycles. The highest BCUT2D eigenvalue weighted by Crippen LogP contribution is 2.23. The number of benzene rings is 1. The Kier molecular flexibility index (Phi) is 3.76. The zero-order valence-corrected chi connectivity index (χ0v) is 11.5. The van der Waals surface area contributed by atoms with Crippen molar-refractivity contribution in [3.63, 3.8) is 0 Å². The summed E-state index contributed by atoms with van der Waals surface area (Å²) < 4.78 is 1.70. The molecule has 1 atom stereocenters. The standard InChI is InChI=1S/C13H15ClN4O/c1-8-11(7-16-18(8)2)12(13(15)19)17-10-5-3-9(14)4-6-10/h3-7,12,17H,1-2H3,(H2,15,19). The summed E-state index contributed by atoms with van der Waals surface area (Å²) in [6.07, 6.45) is 1.65. The van der Waals surface area contributed by atoms with Crippen molar-refractivity contribution in [1.29, 1.82) is 0 Å². The first-order valence-corrected chi connectivity index (χ1v) is 6.16. The summed E-state index contributed by atoms with van der Waals surface area (Å²) >= 11 is 5.82. The van der Waals surface area contributed by atoms with E-state index in [9.17, 15) is 4.79 Å². The van der Waals surface area contributed by atoms with E-state index < -0.39 is 11.9 Å². The predicted molar refractivity (Wildman–Crippen MR) is 75.0 cm³/mol. The third kappa shape index (κ3) is 2.88. The number of nitrogens with one attached hydrogen (secondary N) is 1. The van der Waals surface area contributed by atoms with Crippen LogP contribution >= 0.6 is 11.6 Å². The molecule has 1 aromatic carbocycles. The van der Waals surface area contributed by atoms with Crippen LogP contribution in [0.15, 0.2) is 30.5 Å². The maximum Gasteiger partial charge on any atom is 0.244 e. The molecule has 1 aromatic heterocycles. The van der Waals surface area contributed by atoms with Crippen molar-refractivity contribution < 1.29 is 4.79 Å². The van der Waals surface area contributed by atoms with Crippen molar-refractivity contribution in [3.05, 3.63) is 46.7 Å². The second-order valence-corrected chi connectivity index (χ2v) is 4.73. The second-order valence-electron chi connectivity index (χ2n) is 4.30. The molecule has 0 bridgehead atoms. The molecular weight excluding hydrogens is 264 g/mol. The largest absolute Gasteiger partial charge is 0.370 e. The highest BCUT2D eigenvalue weighted by Gasteiger charge is 2.21. The van der Waals surface area contributed by atoms with Crippen molar-refractivity contribution in [3.8, 4) is 0 Å². The lowest BCUT2D eigenvalue weighted by molar-refractivity contribution is -0.118. The normalized spacial score (nSPS) is 12.2. The van der Waals surface area contributed by atoms with Gasteiger partial charge in [0.05, 0.1) is 6.20 Å². The number of nitrogens with two attached hydrogens (primary N) is 1. The van der Waals surface area contributed by atoms with Crippen molar-refractivity contribution in [2.24, 2.45) is 12.8 Å². The summed E-state index contributed by atoms with van der Waals surface area (Å²) in [6.45, 7) is 1.89. The van der Waals surface area contributed by atoms with Gasteiger partial charge in [-0.2, -0.15) is 5.10 Å². The Bertz CT molecular complexity index is 591. The van der Waals surface area contributed by atoms with E-state index in [0.29, 0.717) is 5.02 Å². The Morgan fingerprint density at radius 1 is 1.42 bits per heavy atom. The molecule has 2 aromatic rings. The molecule has 0 aliphatic rings. The second kappa shape index (κ2) is 5.32. The van der Waals surface area contributed by atoms with E-state index in [1.165, 1.54) is 0 Å². The zero-order chi connectivity index (χ0) is 14.0. The highest BCUT2D eigenvalue weighted by molar-refractivity contribution is 6.30. The fraction of sp³-hybridized carbons (Fsp3) is 0.231. The van der Waals surface area contributed by atoms with E-state index in [1.54, 1.807) is 35.1 Å². The lowest BCUT2D eigenvalue weighted by atomic mass is 10.1. The fourth-order valence-corrected chi connectivity index (χ4v) is 1.94. The Morgan fingerprint density at radius 2 is 2.05 bits per heavy atom. The molecule has 1 unspecified atom stereocenters. The third-order valence-electron chi connectivity index (χ3n) is 3.02. The number of carbonyl (C=O) groups is 1. The summed E-state index contributed by atoms with van der Waals surface area (Å²) in [5, 5.41) is 7.85. The summed E-state index contributed by atoms with van der Waals surface area (Å²) in [6, 6.07) is 6.47. The summed E-state index contributed by atoms with van der Waals surface area (Å²) in [7, 11) is 1.82. The molecule has 0 saturated carbocycles. The van der Waals surface area contributed by atoms with Gasteiger partial charge in [0.2, 0.25) is 5.91 Å². The number of rotatable bonds is 4. The van der Waals surface area contributed by atoms with Gasteiger partial charge in [-0.05, 0) is 31.2 Å². The Labute approximate surface area is 116 Å². The molecule has 3 N–H and O–H groups in total. The molecule has 0 fully saturated rings. The number of amides is 1. The third-order valence-corrected chi connectivity index (χ3v) is 3.28. The average Bonchev–Trinajstić information content (AvgIpc) is 2.69. The lowest BCUT2D eigenvalue weighted by Crippen LogP contribution is -2.28. The Morgan fingerprint density at radius 3 is 2.53 bits per heavy atom. The number of primary amides is 1. The van der Waals surface area contributed by atoms with Gasteiger partial charge in [-0.1, -0.05) is 11.6 Å². The van der Waals surface area contributed by atoms with Crippen molar-refractivity contribution in [2.45, 2.75) is 13.0 Å². The minimum absolute atomic E-state index is 0.453. The molecule has 0 aliphatic carbocycles. The fourth-order valence-electron chi connectivity index (χ4n) is 1.81. The number of halogens is 1. The molecule has 19 heavy (non-hydrogen) atoms. The quantitative estimate of drug-likeness (QED) is 0.899. The van der Waals surface area contributed by atoms with Crippen LogP contribution in [0.5, 0.6) is 0 Å². The molecule has 2 rings (SSSR count). The molecule has 0 radical (unpaired) electrons. The number of nitrogens with zero attached hydrogens (tertiary/aromatic N) is 2. The van der Waals surface area contributed by atoms with Crippen LogP contribution in [0.1, 0.15) is 17.3 Å². The first-order chi connectivity index (χ1) is 8.99. The van der Waals surface area contributed by atoms with E-state index in [-0.39, 0.29) is 0 Å². The maximum atomic E-state index is 11.6. The van der Waals surface area contributed by atoms with Gasteiger partial charge >= 0.3 is 0 Å². The predicted octanol–water partition coefficient (Wildman–Crippen LogP) is 2.02. The molecule has 0 aliphatic heterocycles. The van der Waals surface area contributed by atoms with Crippen LogP contribution in [0.4, 0.5) is 5.69 Å². The van der Waals surface area contributed by atoms with Crippen LogP contribution in [0.2, 0.25) is 5.02 Å². The number of hydrogen-bond donors (Lipinski definition) is 2. The minimum Gasteiger partial charge on any atom is -0.370 e. The van der Waals surface area contributed by atoms with Gasteiger partial charge < -0.3 is 11.1 Å². The molecule has 5 nitrogen and oxygen atoms in total. The Balaban J connectivity index is 2.29. The van der Waals surface area contributed by atoms with Crippen molar-refractivity contribution in [1.82, 2.24) is 9.78 Å². The van der Waals surface area contributed by atoms with Gasteiger partial charge in [0.1, 0.15) is 6.04 Å². The summed E-state index contributed by atoms with van der Waals surface area (Å²) in [5.74, 6) is -0.453. The van der Waals surface area contributed by atoms with E-state index in [2.05, 4.69) is 10.4 Å². The summed E-state index contributed by atoms with van der Waals surface area (Å²) in [5.41, 5.74) is 7.90. The first kappa shape index (κ1) is 13.4. The topological polar surface area (TPSA) is 72.9 Å². The van der Waals surface area contributed by atoms with Crippen LogP contribution in [0.25, 0.3) is 0 Å². The van der Waals surface area contributed by atoms with E-state index in [4.69, 9.17) is 17.3 Å². The molecule has 1 heterocycles. The number of hydrogen-bond acceptors (Lipinski definition) is 3. The van der Waals surface area contributed by atoms with Gasteiger partial charge in [0, 0.05) is 29.0 Å². The van der Waals surface area contributed by atoms with Gasteiger partial charge in [0.15, 0.2) is 0 Å². The van der Waals surface area contributed by atoms with Gasteiger partial charge in [0.25, 0.3) is 0 Å². The van der Waals surface area contributed by atoms with Crippen LogP contribution < -0.4 is 11.1 Å². The molecule has 100 valence electrons. The molecule has 0 spiro atoms. The van der Waals surface area contributed by atoms with E-state index in [1.807, 2.05) is 14.0 Å². The summed E-state index contributed by atoms with van der Waals surface area (Å²) in [4.78, 5) is 11.6. The minimum atomic E-state index is -0.616. The van der Waals surface area contributed by atoms with Gasteiger partial charge in [-0.15, -0.1) is 0 Å². The number of aromatic nitrogens is 2. The van der Waals surface area contributed by atoms with Crippen LogP contribution in [0.3, 0.4) is 0 Å². The average molecular weight is 279 g/mol. The van der Waals surface area contributed by atoms with Gasteiger partial charge in [-0.3, -0.25) is 9.48 Å².